The Kier molecular flexibility index (Phi) is 12.8. The second-order valence-electron chi connectivity index (χ2n) is 13.2. The van der Waals surface area contributed by atoms with Gasteiger partial charge in [-0.2, -0.15) is 4.98 Å². The quantitative estimate of drug-likeness (QED) is 0.0421. The van der Waals surface area contributed by atoms with Crippen molar-refractivity contribution in [2.24, 2.45) is 0 Å². The highest BCUT2D eigenvalue weighted by atomic mass is 16.7. The van der Waals surface area contributed by atoms with Crippen LogP contribution in [0.4, 0.5) is 0 Å². The van der Waals surface area contributed by atoms with Gasteiger partial charge in [-0.15, -0.1) is 0 Å². The van der Waals surface area contributed by atoms with Crippen LogP contribution in [-0.2, 0) is 39.9 Å². The topological polar surface area (TPSA) is 326 Å². The Morgan fingerprint density at radius 1 is 1.04 bits per heavy atom. The molecule has 4 aliphatic heterocycles. The fraction of sp³-hybridized carbons (Fsp3) is 0.625. The first kappa shape index (κ1) is 41.1. The molecule has 298 valence electrons. The van der Waals surface area contributed by atoms with E-state index in [1.165, 1.54) is 11.5 Å². The summed E-state index contributed by atoms with van der Waals surface area (Å²) < 4.78 is 23.0. The lowest BCUT2D eigenvalue weighted by Crippen LogP contribution is -2.67. The van der Waals surface area contributed by atoms with Gasteiger partial charge in [-0.05, 0) is 44.0 Å². The van der Waals surface area contributed by atoms with E-state index >= 15 is 0 Å². The molecule has 0 aromatic heterocycles. The van der Waals surface area contributed by atoms with Crippen LogP contribution in [0.5, 0.6) is 0 Å². The van der Waals surface area contributed by atoms with Crippen LogP contribution in [0.3, 0.4) is 0 Å². The number of fused-ring (bicyclic) bond motifs is 2. The molecule has 0 spiro atoms. The largest absolute Gasteiger partial charge is 0.479 e. The number of ether oxygens (including phenoxy) is 4. The first-order valence-electron chi connectivity index (χ1n) is 16.7. The molecule has 54 heavy (non-hydrogen) atoms. The van der Waals surface area contributed by atoms with Crippen LogP contribution in [0, 0.1) is 13.8 Å². The van der Waals surface area contributed by atoms with E-state index in [-0.39, 0.29) is 17.9 Å². The maximum atomic E-state index is 12.6. The molecule has 9 N–H and O–H groups in total. The van der Waals surface area contributed by atoms with E-state index in [0.29, 0.717) is 16.1 Å². The number of carboxylic acid groups (broad SMARTS) is 1. The highest BCUT2D eigenvalue weighted by molar-refractivity contribution is 5.81. The number of carbonyl (C=O) groups excluding carboxylic acids is 1. The van der Waals surface area contributed by atoms with Crippen molar-refractivity contribution in [3.63, 3.8) is 0 Å². The number of nitrogens with one attached hydrogen (secondary N) is 1. The van der Waals surface area contributed by atoms with E-state index in [9.17, 15) is 60.0 Å². The predicted molar refractivity (Wildman–Crippen MR) is 178 cm³/mol. The summed E-state index contributed by atoms with van der Waals surface area (Å²) in [6.07, 6.45) is -20.5. The van der Waals surface area contributed by atoms with Gasteiger partial charge in [0.25, 0.3) is 5.56 Å². The molecule has 2 fully saturated rings. The first-order valence-corrected chi connectivity index (χ1v) is 16.7. The molecular weight excluding hydrogens is 726 g/mol. The molecule has 22 nitrogen and oxygen atoms in total. The van der Waals surface area contributed by atoms with Gasteiger partial charge in [0.15, 0.2) is 23.9 Å². The molecule has 0 aliphatic carbocycles. The molecule has 22 heteroatoms. The lowest BCUT2D eigenvalue weighted by atomic mass is 9.92. The number of rotatable bonds is 14. The van der Waals surface area contributed by atoms with Gasteiger partial charge < -0.3 is 64.4 Å². The average Bonchev–Trinajstić information content (AvgIpc) is 3.12. The Bertz CT molecular complexity index is 1890. The lowest BCUT2D eigenvalue weighted by Gasteiger charge is -2.48. The molecule has 1 aromatic carbocycles. The van der Waals surface area contributed by atoms with Gasteiger partial charge in [0.2, 0.25) is 6.41 Å². The van der Waals surface area contributed by atoms with Gasteiger partial charge >= 0.3 is 11.7 Å². The van der Waals surface area contributed by atoms with Crippen molar-refractivity contribution in [2.75, 3.05) is 20.3 Å². The van der Waals surface area contributed by atoms with Crippen molar-refractivity contribution >= 4 is 23.4 Å². The number of aryl methyl sites for hydroxylation is 2. The number of hydrogen-bond acceptors (Lipinski definition) is 18. The van der Waals surface area contributed by atoms with E-state index < -0.39 is 116 Å². The number of H-pyrrole nitrogens is 1. The first-order chi connectivity index (χ1) is 25.5. The van der Waals surface area contributed by atoms with Gasteiger partial charge in [0.05, 0.1) is 30.3 Å². The number of methoxy groups -OCH3 is 1. The Morgan fingerprint density at radius 2 is 1.72 bits per heavy atom. The SMILES string of the molecule is COC1C(C(=O)O)OC(OC2C(O)C(CO)O[C@H](C)C2N(C=O)OCC(O)C(O)C(O)Cn2c3nc(=O)[nH]c(=O)c-3nc3cc(C)c(C)cc32)C(O)C1O. The van der Waals surface area contributed by atoms with E-state index in [4.69, 9.17) is 23.8 Å². The molecule has 2 saturated heterocycles. The number of aliphatic hydroxyl groups excluding tert-OH is 7. The maximum absolute atomic E-state index is 12.6. The van der Waals surface area contributed by atoms with Crippen LogP contribution in [0.15, 0.2) is 21.7 Å². The molecule has 5 rings (SSSR count). The van der Waals surface area contributed by atoms with Crippen LogP contribution in [0.2, 0.25) is 0 Å². The molecule has 4 aliphatic rings. The minimum absolute atomic E-state index is 0.107. The molecule has 0 saturated carbocycles. The van der Waals surface area contributed by atoms with Crippen molar-refractivity contribution in [1.29, 1.82) is 0 Å². The summed E-state index contributed by atoms with van der Waals surface area (Å²) >= 11 is 0. The molecule has 1 amide bonds. The average molecular weight is 770 g/mol. The Hall–Kier alpha value is -4.04. The fourth-order valence-electron chi connectivity index (χ4n) is 6.58. The number of aromatic amines is 1. The van der Waals surface area contributed by atoms with Crippen molar-refractivity contribution < 1.29 is 74.2 Å². The van der Waals surface area contributed by atoms with E-state index in [1.807, 2.05) is 11.9 Å². The van der Waals surface area contributed by atoms with Crippen LogP contribution in [0.25, 0.3) is 22.6 Å². The van der Waals surface area contributed by atoms with E-state index in [1.54, 1.807) is 19.1 Å². The number of aliphatic hydroxyl groups is 7. The summed E-state index contributed by atoms with van der Waals surface area (Å²) in [5, 5.41) is 85.3. The molecule has 12 unspecified atom stereocenters. The summed E-state index contributed by atoms with van der Waals surface area (Å²) in [4.78, 5) is 64.7. The zero-order valence-corrected chi connectivity index (χ0v) is 29.4. The number of hydroxylamine groups is 2. The van der Waals surface area contributed by atoms with Gasteiger partial charge in [-0.25, -0.2) is 19.6 Å². The summed E-state index contributed by atoms with van der Waals surface area (Å²) in [6, 6.07) is 1.90. The number of benzene rings is 1. The number of carbonyl (C=O) groups is 2. The molecule has 1 aromatic rings. The van der Waals surface area contributed by atoms with Gasteiger partial charge in [0, 0.05) is 7.11 Å². The zero-order valence-electron chi connectivity index (χ0n) is 29.4. The van der Waals surface area contributed by atoms with E-state index in [2.05, 4.69) is 9.97 Å². The highest BCUT2D eigenvalue weighted by Gasteiger charge is 2.53. The Morgan fingerprint density at radius 3 is 2.35 bits per heavy atom. The summed E-state index contributed by atoms with van der Waals surface area (Å²) in [7, 11) is 1.09. The molecule has 4 heterocycles. The second-order valence-corrected chi connectivity index (χ2v) is 13.2. The lowest BCUT2D eigenvalue weighted by molar-refractivity contribution is -0.344. The van der Waals surface area contributed by atoms with Crippen LogP contribution < -0.4 is 11.2 Å². The van der Waals surface area contributed by atoms with Crippen molar-refractivity contribution in [2.45, 2.75) is 107 Å². The second kappa shape index (κ2) is 16.8. The predicted octanol–water partition coefficient (Wildman–Crippen LogP) is -4.89. The summed E-state index contributed by atoms with van der Waals surface area (Å²) in [5.74, 6) is -1.78. The zero-order chi connectivity index (χ0) is 39.8. The number of amides is 1. The standard InChI is InChI=1S/C32H43N5O17/c1-11-5-14-15(6-12(11)2)36(28-19(33-14)29(46)35-32(49)34-28)7-16(40)21(42)17(41)9-51-37(10-39)20-13(3)52-18(8-38)22(43)25(20)53-31-24(45)23(44)26(50-4)27(54-31)30(47)48/h5-6,10,13,16-18,20-27,31,38,40-45H,7-9H2,1-4H3,(H,47,48)(H,35,46,49)/t13-,16?,17?,18?,20?,21?,22?,23?,24?,25?,26?,27?,31?/m1/s1. The monoisotopic (exact) mass is 769 g/mol. The molecular formula is C32H43N5O17. The minimum atomic E-state index is -1.99. The van der Waals surface area contributed by atoms with Crippen LogP contribution in [-0.4, -0.2) is 178 Å². The smallest absolute Gasteiger partial charge is 0.349 e. The van der Waals surface area contributed by atoms with Crippen LogP contribution in [0.1, 0.15) is 18.1 Å². The number of nitrogens with zero attached hydrogens (tertiary/aromatic N) is 4. The fourth-order valence-corrected chi connectivity index (χ4v) is 6.58. The third-order valence-corrected chi connectivity index (χ3v) is 9.63. The molecule has 0 bridgehead atoms. The van der Waals surface area contributed by atoms with Gasteiger partial charge in [-0.3, -0.25) is 19.4 Å². The van der Waals surface area contributed by atoms with Gasteiger partial charge in [-0.1, -0.05) is 0 Å². The number of hydrogen-bond donors (Lipinski definition) is 9. The van der Waals surface area contributed by atoms with Crippen molar-refractivity contribution in [3.8, 4) is 11.5 Å². The summed E-state index contributed by atoms with van der Waals surface area (Å²) in [5.41, 5.74) is 0.237. The van der Waals surface area contributed by atoms with E-state index in [0.717, 1.165) is 18.2 Å². The number of aliphatic carboxylic acids is 1. The molecule has 13 atom stereocenters. The Labute approximate surface area is 305 Å². The van der Waals surface area contributed by atoms with Gasteiger partial charge in [0.1, 0.15) is 67.6 Å². The maximum Gasteiger partial charge on any atom is 0.349 e. The summed E-state index contributed by atoms with van der Waals surface area (Å²) in [6.45, 7) is 2.87. The highest BCUT2D eigenvalue weighted by Crippen LogP contribution is 2.32. The third kappa shape index (κ3) is 8.00. The Balaban J connectivity index is 1.35. The van der Waals surface area contributed by atoms with Crippen LogP contribution >= 0.6 is 0 Å². The number of carboxylic acids is 1. The van der Waals surface area contributed by atoms with Crippen molar-refractivity contribution in [1.82, 2.24) is 24.6 Å². The number of aromatic nitrogens is 4. The van der Waals surface area contributed by atoms with Crippen molar-refractivity contribution in [3.05, 3.63) is 44.1 Å². The normalized spacial score (nSPS) is 30.6. The minimum Gasteiger partial charge on any atom is -0.479 e. The third-order valence-electron chi connectivity index (χ3n) is 9.63. The molecule has 0 radical (unpaired) electrons.